The molecule has 0 aromatic heterocycles. The second-order valence-electron chi connectivity index (χ2n) is 5.28. The highest BCUT2D eigenvalue weighted by Crippen LogP contribution is 2.27. The summed E-state index contributed by atoms with van der Waals surface area (Å²) >= 11 is 0. The van der Waals surface area contributed by atoms with Crippen molar-refractivity contribution in [1.29, 1.82) is 0 Å². The Morgan fingerprint density at radius 2 is 1.35 bits per heavy atom. The van der Waals surface area contributed by atoms with E-state index in [4.69, 9.17) is 0 Å². The van der Waals surface area contributed by atoms with E-state index in [0.29, 0.717) is 0 Å². The molecule has 0 aliphatic carbocycles. The summed E-state index contributed by atoms with van der Waals surface area (Å²) < 4.78 is 108. The molecule has 1 saturated heterocycles. The van der Waals surface area contributed by atoms with Crippen LogP contribution in [0.2, 0.25) is 0 Å². The van der Waals surface area contributed by atoms with E-state index in [1.165, 1.54) is 38.4 Å². The number of alkyl halides is 6. The van der Waals surface area contributed by atoms with E-state index in [9.17, 15) is 43.2 Å². The van der Waals surface area contributed by atoms with Crippen molar-refractivity contribution in [2.24, 2.45) is 4.99 Å². The number of guanidine groups is 1. The Balaban J connectivity index is 0.000000269. The third kappa shape index (κ3) is 5.60. The predicted molar refractivity (Wildman–Crippen MR) is 78.8 cm³/mol. The molecule has 16 heteroatoms. The molecule has 0 amide bonds. The van der Waals surface area contributed by atoms with Crippen LogP contribution >= 0.6 is 0 Å². The number of sulfonamides is 2. The Bertz CT molecular complexity index is 690. The van der Waals surface area contributed by atoms with Gasteiger partial charge in [-0.2, -0.15) is 26.3 Å². The highest BCUT2D eigenvalue weighted by Gasteiger charge is 2.55. The van der Waals surface area contributed by atoms with Gasteiger partial charge in [0.1, 0.15) is 0 Å². The van der Waals surface area contributed by atoms with Gasteiger partial charge >= 0.3 is 31.1 Å². The first kappa shape index (κ1) is 22.8. The normalized spacial score (nSPS) is 19.3. The molecule has 0 radical (unpaired) electrons. The van der Waals surface area contributed by atoms with Crippen LogP contribution in [-0.4, -0.2) is 76.8 Å². The average Bonchev–Trinajstić information content (AvgIpc) is 2.45. The Kier molecular flexibility index (Phi) is 6.79. The molecule has 154 valence electrons. The van der Waals surface area contributed by atoms with Crippen molar-refractivity contribution in [3.8, 4) is 0 Å². The molecular weight excluding hydrogens is 418 g/mol. The summed E-state index contributed by atoms with van der Waals surface area (Å²) in [4.78, 5) is 9.16. The highest BCUT2D eigenvalue weighted by molar-refractivity contribution is 8.05. The summed E-state index contributed by atoms with van der Waals surface area (Å²) in [6.07, 6.45) is 2.52. The van der Waals surface area contributed by atoms with Crippen LogP contribution in [0.3, 0.4) is 0 Å². The lowest BCUT2D eigenvalue weighted by molar-refractivity contribution is -0.0476. The summed E-state index contributed by atoms with van der Waals surface area (Å²) in [6, 6.07) is 0. The molecule has 2 aliphatic heterocycles. The third-order valence-corrected chi connectivity index (χ3v) is 6.19. The molecule has 1 N–H and O–H groups in total. The number of nitrogens with zero attached hydrogens (tertiary/aromatic N) is 3. The van der Waals surface area contributed by atoms with Crippen molar-refractivity contribution in [2.75, 3.05) is 33.2 Å². The number of rotatable bonds is 2. The Morgan fingerprint density at radius 3 is 1.77 bits per heavy atom. The van der Waals surface area contributed by atoms with Crippen molar-refractivity contribution in [3.63, 3.8) is 0 Å². The molecule has 0 spiro atoms. The summed E-state index contributed by atoms with van der Waals surface area (Å²) in [5, 5.41) is 0. The molecule has 2 rings (SSSR count). The molecule has 26 heavy (non-hydrogen) atoms. The number of fused-ring (bicyclic) bond motifs is 1. The quantitative estimate of drug-likeness (QED) is 0.642. The zero-order chi connectivity index (χ0) is 20.4. The Hall–Kier alpha value is -1.29. The third-order valence-electron chi connectivity index (χ3n) is 3.21. The van der Waals surface area contributed by atoms with E-state index in [2.05, 4.69) is 21.8 Å². The maximum Gasteiger partial charge on any atom is 0.512 e. The first-order valence-corrected chi connectivity index (χ1v) is 9.97. The van der Waals surface area contributed by atoms with Crippen molar-refractivity contribution >= 4 is 26.0 Å². The van der Waals surface area contributed by atoms with Crippen molar-refractivity contribution in [3.05, 3.63) is 0 Å². The number of halogens is 6. The molecule has 0 unspecified atom stereocenters. The number of aliphatic imine (C=N–C) groups is 1. The van der Waals surface area contributed by atoms with Gasteiger partial charge in [-0.15, -0.1) is 0 Å². The van der Waals surface area contributed by atoms with Gasteiger partial charge in [-0.25, -0.2) is 16.8 Å². The van der Waals surface area contributed by atoms with Crippen molar-refractivity contribution in [1.82, 2.24) is 13.9 Å². The molecule has 0 atom stereocenters. The number of hydrogen-bond donors (Lipinski definition) is 1. The minimum atomic E-state index is -6.60. The molecule has 2 aliphatic rings. The van der Waals surface area contributed by atoms with Crippen LogP contribution in [0, 0.1) is 0 Å². The van der Waals surface area contributed by atoms with Gasteiger partial charge in [0.25, 0.3) is 0 Å². The minimum Gasteiger partial charge on any atom is -0.346 e. The maximum absolute atomic E-state index is 11.5. The van der Waals surface area contributed by atoms with E-state index in [-0.39, 0.29) is 0 Å². The van der Waals surface area contributed by atoms with Crippen molar-refractivity contribution < 1.29 is 43.2 Å². The van der Waals surface area contributed by atoms with Gasteiger partial charge in [-0.3, -0.25) is 4.99 Å². The van der Waals surface area contributed by atoms with E-state index in [1.54, 1.807) is 0 Å². The molecule has 8 nitrogen and oxygen atoms in total. The Labute approximate surface area is 145 Å². The smallest absolute Gasteiger partial charge is 0.346 e. The van der Waals surface area contributed by atoms with Crippen LogP contribution in [0.25, 0.3) is 0 Å². The zero-order valence-corrected chi connectivity index (χ0v) is 14.9. The molecule has 0 saturated carbocycles. The summed E-state index contributed by atoms with van der Waals surface area (Å²) in [6.45, 7) is 4.62. The van der Waals surface area contributed by atoms with Crippen LogP contribution in [-0.2, 0) is 20.0 Å². The number of hydrogen-bond acceptors (Lipinski definition) is 7. The van der Waals surface area contributed by atoms with Crippen LogP contribution in [0.1, 0.15) is 12.8 Å². The van der Waals surface area contributed by atoms with Crippen LogP contribution < -0.4 is 4.13 Å². The average molecular weight is 434 g/mol. The largest absolute Gasteiger partial charge is 0.512 e. The molecular formula is C10H16F6N4O4S2. The van der Waals surface area contributed by atoms with Crippen LogP contribution in [0.4, 0.5) is 26.3 Å². The standard InChI is InChI=1S/C8H15N3.C2HF6NO4S2/c1-10-5-3-7-11-6-2-4-9-8(10)11;3-1(4,5)14(10,11)9-15(12,13)2(6,7)8/h2-7H2,1H3;9H. The van der Waals surface area contributed by atoms with E-state index < -0.39 is 35.2 Å². The molecule has 0 aromatic carbocycles. The minimum absolute atomic E-state index is 0.493. The lowest BCUT2D eigenvalue weighted by Gasteiger charge is -2.39. The van der Waals surface area contributed by atoms with Gasteiger partial charge in [0.15, 0.2) is 5.96 Å². The van der Waals surface area contributed by atoms with Gasteiger partial charge in [-0.05, 0) is 12.8 Å². The van der Waals surface area contributed by atoms with Gasteiger partial charge in [-0.1, -0.05) is 4.13 Å². The SMILES string of the molecule is CN1CCCN2CCCN=C12.O=S(=O)(NS(=O)(=O)C(F)(F)F)C(F)(F)F. The first-order valence-electron chi connectivity index (χ1n) is 7.00. The molecule has 0 aromatic rings. The van der Waals surface area contributed by atoms with Gasteiger partial charge < -0.3 is 9.80 Å². The second-order valence-corrected chi connectivity index (χ2v) is 8.89. The van der Waals surface area contributed by atoms with Crippen molar-refractivity contribution in [2.45, 2.75) is 23.9 Å². The molecule has 1 fully saturated rings. The lowest BCUT2D eigenvalue weighted by Crippen LogP contribution is -2.50. The fourth-order valence-corrected chi connectivity index (χ4v) is 3.96. The van der Waals surface area contributed by atoms with E-state index in [0.717, 1.165) is 6.54 Å². The highest BCUT2D eigenvalue weighted by atomic mass is 32.3. The second kappa shape index (κ2) is 7.75. The van der Waals surface area contributed by atoms with Gasteiger partial charge in [0.05, 0.1) is 0 Å². The monoisotopic (exact) mass is 434 g/mol. The zero-order valence-electron chi connectivity index (χ0n) is 13.3. The maximum atomic E-state index is 11.5. The van der Waals surface area contributed by atoms with E-state index >= 15 is 0 Å². The fraction of sp³-hybridized carbons (Fsp3) is 0.900. The first-order chi connectivity index (χ1) is 11.6. The fourth-order valence-electron chi connectivity index (χ4n) is 2.05. The topological polar surface area (TPSA) is 99.1 Å². The predicted octanol–water partition coefficient (Wildman–Crippen LogP) is 0.659. The van der Waals surface area contributed by atoms with E-state index in [1.807, 2.05) is 0 Å². The van der Waals surface area contributed by atoms with Gasteiger partial charge in [0.2, 0.25) is 0 Å². The molecule has 2 heterocycles. The Morgan fingerprint density at radius 1 is 0.885 bits per heavy atom. The van der Waals surface area contributed by atoms with Gasteiger partial charge in [0, 0.05) is 33.2 Å². The lowest BCUT2D eigenvalue weighted by atomic mass is 10.2. The number of nitrogens with one attached hydrogen (secondary N) is 1. The summed E-state index contributed by atoms with van der Waals surface area (Å²) in [5.74, 6) is 1.22. The summed E-state index contributed by atoms with van der Waals surface area (Å²) in [5.41, 5.74) is -12.3. The van der Waals surface area contributed by atoms with Crippen LogP contribution in [0.15, 0.2) is 4.99 Å². The molecule has 0 bridgehead atoms. The summed E-state index contributed by atoms with van der Waals surface area (Å²) in [7, 11) is -11.1. The van der Waals surface area contributed by atoms with Crippen LogP contribution in [0.5, 0.6) is 0 Å².